The first-order chi connectivity index (χ1) is 7.90. The zero-order valence-electron chi connectivity index (χ0n) is 9.16. The molecule has 1 aliphatic carbocycles. The normalized spacial score (nSPS) is 17.8. The van der Waals surface area contributed by atoms with E-state index >= 15 is 0 Å². The lowest BCUT2D eigenvalue weighted by Crippen LogP contribution is -2.22. The summed E-state index contributed by atoms with van der Waals surface area (Å²) in [6.07, 6.45) is 7.70. The average Bonchev–Trinajstić information content (AvgIpc) is 2.25. The lowest BCUT2D eigenvalue weighted by atomic mass is 9.80. The molecule has 1 aromatic carbocycles. The van der Waals surface area contributed by atoms with E-state index in [1.165, 1.54) is 19.3 Å². The summed E-state index contributed by atoms with van der Waals surface area (Å²) in [5.41, 5.74) is 9.68. The Morgan fingerprint density at radius 3 is 2.62 bits per heavy atom. The molecule has 1 atom stereocenters. The standard InChI is InChI=1S/C13H15N3/c14-16-15-13(12-7-4-8-12)10-9-11-5-2-1-3-6-11/h1-3,5-6,9-10,12-13H,4,7-8H2/b10-9+. The van der Waals surface area contributed by atoms with Crippen molar-refractivity contribution in [2.24, 2.45) is 11.0 Å². The maximum Gasteiger partial charge on any atom is 0.0586 e. The fraction of sp³-hybridized carbons (Fsp3) is 0.385. The molecule has 1 aliphatic rings. The highest BCUT2D eigenvalue weighted by Crippen LogP contribution is 2.32. The quantitative estimate of drug-likeness (QED) is 0.409. The zero-order chi connectivity index (χ0) is 11.2. The molecular formula is C13H15N3. The maximum atomic E-state index is 8.53. The fourth-order valence-corrected chi connectivity index (χ4v) is 1.90. The van der Waals surface area contributed by atoms with Gasteiger partial charge in [0, 0.05) is 4.91 Å². The Kier molecular flexibility index (Phi) is 3.62. The summed E-state index contributed by atoms with van der Waals surface area (Å²) in [6.45, 7) is 0. The molecule has 16 heavy (non-hydrogen) atoms. The fourth-order valence-electron chi connectivity index (χ4n) is 1.90. The predicted octanol–water partition coefficient (Wildman–Crippen LogP) is 4.18. The van der Waals surface area contributed by atoms with Gasteiger partial charge in [-0.05, 0) is 29.9 Å². The van der Waals surface area contributed by atoms with Crippen molar-refractivity contribution in [3.05, 3.63) is 52.4 Å². The van der Waals surface area contributed by atoms with E-state index in [0.29, 0.717) is 5.92 Å². The third-order valence-corrected chi connectivity index (χ3v) is 3.10. The molecule has 3 nitrogen and oxygen atoms in total. The Morgan fingerprint density at radius 1 is 1.31 bits per heavy atom. The number of nitrogens with zero attached hydrogens (tertiary/aromatic N) is 3. The number of rotatable bonds is 4. The predicted molar refractivity (Wildman–Crippen MR) is 65.8 cm³/mol. The summed E-state index contributed by atoms with van der Waals surface area (Å²) in [5.74, 6) is 0.552. The van der Waals surface area contributed by atoms with Crippen molar-refractivity contribution in [2.45, 2.75) is 25.3 Å². The molecule has 1 fully saturated rings. The van der Waals surface area contributed by atoms with Gasteiger partial charge >= 0.3 is 0 Å². The molecule has 0 N–H and O–H groups in total. The summed E-state index contributed by atoms with van der Waals surface area (Å²) in [5, 5.41) is 3.85. The minimum absolute atomic E-state index is 0.0268. The van der Waals surface area contributed by atoms with Crippen molar-refractivity contribution < 1.29 is 0 Å². The van der Waals surface area contributed by atoms with E-state index in [2.05, 4.69) is 10.0 Å². The van der Waals surface area contributed by atoms with E-state index in [1.54, 1.807) is 0 Å². The molecule has 0 aliphatic heterocycles. The second-order valence-corrected chi connectivity index (χ2v) is 4.16. The van der Waals surface area contributed by atoms with Crippen molar-refractivity contribution in [3.63, 3.8) is 0 Å². The molecule has 1 unspecified atom stereocenters. The smallest absolute Gasteiger partial charge is 0.0586 e. The Labute approximate surface area is 95.4 Å². The summed E-state index contributed by atoms with van der Waals surface area (Å²) in [6, 6.07) is 10.1. The lowest BCUT2D eigenvalue weighted by molar-refractivity contribution is 0.289. The van der Waals surface area contributed by atoms with Gasteiger partial charge in [0.05, 0.1) is 6.04 Å². The Balaban J connectivity index is 2.05. The molecule has 0 spiro atoms. The van der Waals surface area contributed by atoms with Crippen LogP contribution >= 0.6 is 0 Å². The van der Waals surface area contributed by atoms with Crippen LogP contribution in [0, 0.1) is 5.92 Å². The van der Waals surface area contributed by atoms with E-state index in [1.807, 2.05) is 42.5 Å². The van der Waals surface area contributed by atoms with E-state index < -0.39 is 0 Å². The van der Waals surface area contributed by atoms with E-state index in [4.69, 9.17) is 5.53 Å². The monoisotopic (exact) mass is 213 g/mol. The van der Waals surface area contributed by atoms with Crippen molar-refractivity contribution in [1.29, 1.82) is 0 Å². The van der Waals surface area contributed by atoms with Crippen LogP contribution in [-0.2, 0) is 0 Å². The van der Waals surface area contributed by atoms with E-state index in [-0.39, 0.29) is 6.04 Å². The van der Waals surface area contributed by atoms with Crippen LogP contribution in [0.25, 0.3) is 16.5 Å². The van der Waals surface area contributed by atoms with Crippen LogP contribution in [0.3, 0.4) is 0 Å². The molecule has 3 heteroatoms. The third kappa shape index (κ3) is 2.65. The van der Waals surface area contributed by atoms with Gasteiger partial charge in [-0.2, -0.15) is 0 Å². The van der Waals surface area contributed by atoms with Crippen molar-refractivity contribution in [3.8, 4) is 0 Å². The van der Waals surface area contributed by atoms with Crippen molar-refractivity contribution in [1.82, 2.24) is 0 Å². The summed E-state index contributed by atoms with van der Waals surface area (Å²) in [4.78, 5) is 2.92. The molecule has 0 heterocycles. The summed E-state index contributed by atoms with van der Waals surface area (Å²) >= 11 is 0. The highest BCUT2D eigenvalue weighted by Gasteiger charge is 2.24. The highest BCUT2D eigenvalue weighted by molar-refractivity contribution is 5.49. The van der Waals surface area contributed by atoms with Crippen LogP contribution in [0.15, 0.2) is 41.5 Å². The van der Waals surface area contributed by atoms with Gasteiger partial charge in [-0.1, -0.05) is 54.0 Å². The summed E-state index contributed by atoms with van der Waals surface area (Å²) in [7, 11) is 0. The first kappa shape index (κ1) is 10.8. The SMILES string of the molecule is [N-]=[N+]=NC(/C=C/c1ccccc1)C1CCC1. The first-order valence-corrected chi connectivity index (χ1v) is 5.67. The number of benzene rings is 1. The number of hydrogen-bond donors (Lipinski definition) is 0. The van der Waals surface area contributed by atoms with Crippen LogP contribution in [0.4, 0.5) is 0 Å². The van der Waals surface area contributed by atoms with Gasteiger partial charge in [0.2, 0.25) is 0 Å². The topological polar surface area (TPSA) is 48.8 Å². The minimum atomic E-state index is 0.0268. The second kappa shape index (κ2) is 5.38. The minimum Gasteiger partial charge on any atom is -0.0863 e. The van der Waals surface area contributed by atoms with Crippen LogP contribution in [0.1, 0.15) is 24.8 Å². The molecule has 0 aromatic heterocycles. The maximum absolute atomic E-state index is 8.53. The molecule has 0 bridgehead atoms. The van der Waals surface area contributed by atoms with Gasteiger partial charge in [0.25, 0.3) is 0 Å². The van der Waals surface area contributed by atoms with Crippen LogP contribution in [-0.4, -0.2) is 6.04 Å². The molecule has 2 rings (SSSR count). The van der Waals surface area contributed by atoms with E-state index in [0.717, 1.165) is 5.56 Å². The number of hydrogen-bond acceptors (Lipinski definition) is 1. The number of azide groups is 1. The third-order valence-electron chi connectivity index (χ3n) is 3.10. The molecular weight excluding hydrogens is 198 g/mol. The Bertz CT molecular complexity index is 400. The summed E-state index contributed by atoms with van der Waals surface area (Å²) < 4.78 is 0. The van der Waals surface area contributed by atoms with Gasteiger partial charge < -0.3 is 0 Å². The van der Waals surface area contributed by atoms with Gasteiger partial charge in [-0.15, -0.1) is 0 Å². The average molecular weight is 213 g/mol. The molecule has 1 saturated carbocycles. The van der Waals surface area contributed by atoms with Crippen molar-refractivity contribution >= 4 is 6.08 Å². The Hall–Kier alpha value is -1.73. The van der Waals surface area contributed by atoms with Crippen molar-refractivity contribution in [2.75, 3.05) is 0 Å². The second-order valence-electron chi connectivity index (χ2n) is 4.16. The molecule has 0 saturated heterocycles. The van der Waals surface area contributed by atoms with Crippen LogP contribution in [0.2, 0.25) is 0 Å². The van der Waals surface area contributed by atoms with Gasteiger partial charge in [-0.25, -0.2) is 0 Å². The molecule has 0 radical (unpaired) electrons. The van der Waals surface area contributed by atoms with Gasteiger partial charge in [0.1, 0.15) is 0 Å². The highest BCUT2D eigenvalue weighted by atomic mass is 15.1. The van der Waals surface area contributed by atoms with Crippen LogP contribution < -0.4 is 0 Å². The molecule has 0 amide bonds. The molecule has 1 aromatic rings. The Morgan fingerprint density at radius 2 is 2.06 bits per heavy atom. The lowest BCUT2D eigenvalue weighted by Gasteiger charge is -2.29. The van der Waals surface area contributed by atoms with E-state index in [9.17, 15) is 0 Å². The first-order valence-electron chi connectivity index (χ1n) is 5.67. The van der Waals surface area contributed by atoms with Gasteiger partial charge in [-0.3, -0.25) is 0 Å². The van der Waals surface area contributed by atoms with Crippen LogP contribution in [0.5, 0.6) is 0 Å². The largest absolute Gasteiger partial charge is 0.0863 e. The zero-order valence-corrected chi connectivity index (χ0v) is 9.16. The van der Waals surface area contributed by atoms with Gasteiger partial charge in [0.15, 0.2) is 0 Å². The molecule has 82 valence electrons.